The van der Waals surface area contributed by atoms with E-state index in [1.54, 1.807) is 0 Å². The van der Waals surface area contributed by atoms with Crippen LogP contribution in [0.2, 0.25) is 0 Å². The van der Waals surface area contributed by atoms with E-state index in [1.807, 2.05) is 24.3 Å². The Labute approximate surface area is 94.2 Å². The molecule has 0 aliphatic rings. The molecule has 0 atom stereocenters. The van der Waals surface area contributed by atoms with Crippen molar-refractivity contribution in [3.05, 3.63) is 33.6 Å². The van der Waals surface area contributed by atoms with Crippen LogP contribution in [0.3, 0.4) is 0 Å². The third-order valence-electron chi connectivity index (χ3n) is 1.84. The molecule has 1 heterocycles. The van der Waals surface area contributed by atoms with Gasteiger partial charge in [0.15, 0.2) is 0 Å². The first-order valence-electron chi connectivity index (χ1n) is 4.03. The lowest BCUT2D eigenvalue weighted by Crippen LogP contribution is -1.86. The van der Waals surface area contributed by atoms with Gasteiger partial charge >= 0.3 is 0 Å². The van der Waals surface area contributed by atoms with Crippen LogP contribution in [0.25, 0.3) is 11.0 Å². The molecule has 0 spiro atoms. The number of carbonyl (C=O) groups is 1. The number of hydrogen-bond acceptors (Lipinski definition) is 3. The molecule has 2 aromatic rings. The average Bonchev–Trinajstić information content (AvgIpc) is 2.59. The standard InChI is InChI=1S/C10H7IO3/c11-9-3-1-2-7-4-8(5-13-6-12)14-10(7)9/h1-4,6H,5H2. The highest BCUT2D eigenvalue weighted by molar-refractivity contribution is 14.1. The van der Waals surface area contributed by atoms with E-state index in [1.165, 1.54) is 0 Å². The zero-order valence-corrected chi connectivity index (χ0v) is 9.35. The van der Waals surface area contributed by atoms with Gasteiger partial charge in [0.25, 0.3) is 6.47 Å². The molecule has 0 bridgehead atoms. The van der Waals surface area contributed by atoms with E-state index in [-0.39, 0.29) is 6.61 Å². The van der Waals surface area contributed by atoms with E-state index in [0.717, 1.165) is 14.5 Å². The van der Waals surface area contributed by atoms with Gasteiger partial charge in [0.2, 0.25) is 0 Å². The summed E-state index contributed by atoms with van der Waals surface area (Å²) >= 11 is 2.21. The Bertz CT molecular complexity index is 461. The third kappa shape index (κ3) is 1.75. The molecule has 1 aromatic carbocycles. The van der Waals surface area contributed by atoms with Crippen molar-refractivity contribution in [2.45, 2.75) is 6.61 Å². The van der Waals surface area contributed by atoms with Gasteiger partial charge in [-0.05, 0) is 34.7 Å². The summed E-state index contributed by atoms with van der Waals surface area (Å²) in [6.45, 7) is 0.604. The van der Waals surface area contributed by atoms with E-state index in [9.17, 15) is 4.79 Å². The zero-order valence-electron chi connectivity index (χ0n) is 7.20. The number of carbonyl (C=O) groups excluding carboxylic acids is 1. The Balaban J connectivity index is 2.41. The molecular formula is C10H7IO3. The first-order chi connectivity index (χ1) is 6.81. The molecule has 72 valence electrons. The van der Waals surface area contributed by atoms with Crippen molar-refractivity contribution in [3.8, 4) is 0 Å². The van der Waals surface area contributed by atoms with Gasteiger partial charge in [-0.1, -0.05) is 12.1 Å². The molecule has 2 rings (SSSR count). The number of benzene rings is 1. The highest BCUT2D eigenvalue weighted by atomic mass is 127. The second kappa shape index (κ2) is 4.00. The van der Waals surface area contributed by atoms with E-state index in [2.05, 4.69) is 27.3 Å². The highest BCUT2D eigenvalue weighted by Gasteiger charge is 2.05. The van der Waals surface area contributed by atoms with Crippen molar-refractivity contribution in [2.75, 3.05) is 0 Å². The van der Waals surface area contributed by atoms with Crippen molar-refractivity contribution < 1.29 is 13.9 Å². The van der Waals surface area contributed by atoms with Crippen molar-refractivity contribution in [1.82, 2.24) is 0 Å². The predicted molar refractivity (Wildman–Crippen MR) is 59.8 cm³/mol. The molecule has 0 aliphatic heterocycles. The van der Waals surface area contributed by atoms with Gasteiger partial charge < -0.3 is 9.15 Å². The lowest BCUT2D eigenvalue weighted by atomic mass is 10.2. The first-order valence-corrected chi connectivity index (χ1v) is 5.11. The Morgan fingerprint density at radius 3 is 3.07 bits per heavy atom. The molecule has 3 nitrogen and oxygen atoms in total. The van der Waals surface area contributed by atoms with Gasteiger partial charge in [-0.3, -0.25) is 4.79 Å². The van der Waals surface area contributed by atoms with Gasteiger partial charge in [0.05, 0.1) is 3.57 Å². The molecule has 0 amide bonds. The number of hydrogen-bond donors (Lipinski definition) is 0. The van der Waals surface area contributed by atoms with E-state index < -0.39 is 0 Å². The third-order valence-corrected chi connectivity index (χ3v) is 2.69. The molecule has 0 saturated carbocycles. The summed E-state index contributed by atoms with van der Waals surface area (Å²) in [5.41, 5.74) is 0.845. The van der Waals surface area contributed by atoms with Gasteiger partial charge in [-0.15, -0.1) is 0 Å². The van der Waals surface area contributed by atoms with E-state index in [0.29, 0.717) is 12.2 Å². The summed E-state index contributed by atoms with van der Waals surface area (Å²) < 4.78 is 11.2. The second-order valence-corrected chi connectivity index (χ2v) is 3.94. The number of fused-ring (bicyclic) bond motifs is 1. The van der Waals surface area contributed by atoms with Crippen LogP contribution in [-0.2, 0) is 16.1 Å². The summed E-state index contributed by atoms with van der Waals surface area (Å²) in [5.74, 6) is 0.663. The quantitative estimate of drug-likeness (QED) is 0.646. The number of furan rings is 1. The Hall–Kier alpha value is -1.04. The van der Waals surface area contributed by atoms with Crippen LogP contribution in [0.5, 0.6) is 0 Å². The van der Waals surface area contributed by atoms with Crippen LogP contribution < -0.4 is 0 Å². The fourth-order valence-corrected chi connectivity index (χ4v) is 1.90. The van der Waals surface area contributed by atoms with Gasteiger partial charge in [0, 0.05) is 5.39 Å². The topological polar surface area (TPSA) is 39.4 Å². The van der Waals surface area contributed by atoms with Crippen molar-refractivity contribution in [2.24, 2.45) is 0 Å². The lowest BCUT2D eigenvalue weighted by molar-refractivity contribution is -0.130. The molecule has 0 radical (unpaired) electrons. The maximum Gasteiger partial charge on any atom is 0.293 e. The first kappa shape index (κ1) is 9.51. The van der Waals surface area contributed by atoms with Crippen molar-refractivity contribution >= 4 is 40.0 Å². The Morgan fingerprint density at radius 1 is 1.50 bits per heavy atom. The molecule has 0 fully saturated rings. The second-order valence-electron chi connectivity index (χ2n) is 2.78. The minimum atomic E-state index is 0.189. The fraction of sp³-hybridized carbons (Fsp3) is 0.100. The van der Waals surface area contributed by atoms with Crippen LogP contribution in [0.1, 0.15) is 5.76 Å². The maximum atomic E-state index is 9.99. The fourth-order valence-electron chi connectivity index (χ4n) is 1.27. The van der Waals surface area contributed by atoms with Gasteiger partial charge in [-0.2, -0.15) is 0 Å². The van der Waals surface area contributed by atoms with Crippen LogP contribution in [0.4, 0.5) is 0 Å². The van der Waals surface area contributed by atoms with Crippen molar-refractivity contribution in [1.29, 1.82) is 0 Å². The number of ether oxygens (including phenoxy) is 1. The summed E-state index contributed by atoms with van der Waals surface area (Å²) in [6, 6.07) is 7.77. The number of rotatable bonds is 3. The largest absolute Gasteiger partial charge is 0.460 e. The normalized spacial score (nSPS) is 10.4. The summed E-state index contributed by atoms with van der Waals surface area (Å²) in [4.78, 5) is 9.99. The Morgan fingerprint density at radius 2 is 2.36 bits per heavy atom. The smallest absolute Gasteiger partial charge is 0.293 e. The summed E-state index contributed by atoms with van der Waals surface area (Å²) in [6.07, 6.45) is 0. The highest BCUT2D eigenvalue weighted by Crippen LogP contribution is 2.24. The molecule has 4 heteroatoms. The van der Waals surface area contributed by atoms with Crippen LogP contribution >= 0.6 is 22.6 Å². The van der Waals surface area contributed by atoms with Gasteiger partial charge in [-0.25, -0.2) is 0 Å². The SMILES string of the molecule is O=COCc1cc2cccc(I)c2o1. The minimum absolute atomic E-state index is 0.189. The van der Waals surface area contributed by atoms with Crippen LogP contribution in [0, 0.1) is 3.57 Å². The van der Waals surface area contributed by atoms with Gasteiger partial charge in [0.1, 0.15) is 18.0 Å². The summed E-state index contributed by atoms with van der Waals surface area (Å²) in [5, 5.41) is 1.03. The molecule has 1 aromatic heterocycles. The Kier molecular flexibility index (Phi) is 2.72. The van der Waals surface area contributed by atoms with E-state index >= 15 is 0 Å². The minimum Gasteiger partial charge on any atom is -0.460 e. The molecule has 0 N–H and O–H groups in total. The lowest BCUT2D eigenvalue weighted by Gasteiger charge is -1.92. The molecule has 0 aliphatic carbocycles. The predicted octanol–water partition coefficient (Wildman–Crippen LogP) is 2.71. The average molecular weight is 302 g/mol. The van der Waals surface area contributed by atoms with E-state index in [4.69, 9.17) is 4.42 Å². The van der Waals surface area contributed by atoms with Crippen LogP contribution in [0.15, 0.2) is 28.7 Å². The molecule has 0 saturated heterocycles. The molecule has 14 heavy (non-hydrogen) atoms. The van der Waals surface area contributed by atoms with Crippen molar-refractivity contribution in [3.63, 3.8) is 0 Å². The monoisotopic (exact) mass is 302 g/mol. The summed E-state index contributed by atoms with van der Waals surface area (Å²) in [7, 11) is 0. The zero-order chi connectivity index (χ0) is 9.97. The molecule has 0 unspecified atom stereocenters. The molecular weight excluding hydrogens is 295 g/mol. The van der Waals surface area contributed by atoms with Crippen LogP contribution in [-0.4, -0.2) is 6.47 Å². The number of halogens is 1. The number of para-hydroxylation sites is 1. The maximum absolute atomic E-state index is 9.99.